The van der Waals surface area contributed by atoms with Gasteiger partial charge in [-0.1, -0.05) is 73.2 Å². The Labute approximate surface area is 230 Å². The molecule has 1 saturated carbocycles. The number of carbonyl (C=O) groups excluding carboxylic acids is 2. The van der Waals surface area contributed by atoms with Gasteiger partial charge in [-0.05, 0) is 56.0 Å². The van der Waals surface area contributed by atoms with Gasteiger partial charge in [0.25, 0.3) is 0 Å². The van der Waals surface area contributed by atoms with Crippen molar-refractivity contribution >= 4 is 45.0 Å². The highest BCUT2D eigenvalue weighted by Gasteiger charge is 2.33. The zero-order valence-electron chi connectivity index (χ0n) is 21.5. The van der Waals surface area contributed by atoms with Gasteiger partial charge in [-0.25, -0.2) is 8.42 Å². The number of aryl methyl sites for hydroxylation is 1. The molecule has 3 rings (SSSR count). The summed E-state index contributed by atoms with van der Waals surface area (Å²) in [6.07, 6.45) is 5.47. The third kappa shape index (κ3) is 7.69. The Morgan fingerprint density at radius 3 is 2.30 bits per heavy atom. The lowest BCUT2D eigenvalue weighted by atomic mass is 9.95. The molecule has 1 fully saturated rings. The van der Waals surface area contributed by atoms with Crippen LogP contribution in [0, 0.1) is 6.92 Å². The van der Waals surface area contributed by atoms with Crippen molar-refractivity contribution in [2.24, 2.45) is 0 Å². The Kier molecular flexibility index (Phi) is 10.4. The maximum Gasteiger partial charge on any atom is 0.243 e. The molecule has 2 aromatic rings. The first kappa shape index (κ1) is 29.4. The normalized spacial score (nSPS) is 15.4. The minimum Gasteiger partial charge on any atom is -0.352 e. The summed E-state index contributed by atoms with van der Waals surface area (Å²) < 4.78 is 27.3. The number of halogens is 2. The number of amides is 2. The second-order valence-electron chi connectivity index (χ2n) is 9.60. The van der Waals surface area contributed by atoms with E-state index in [1.165, 1.54) is 24.1 Å². The molecule has 7 nitrogen and oxygen atoms in total. The zero-order chi connectivity index (χ0) is 27.2. The fourth-order valence-electron chi connectivity index (χ4n) is 4.55. The molecule has 0 bridgehead atoms. The van der Waals surface area contributed by atoms with Gasteiger partial charge in [-0.15, -0.1) is 0 Å². The molecule has 0 heterocycles. The van der Waals surface area contributed by atoms with Crippen LogP contribution in [0.3, 0.4) is 0 Å². The molecule has 1 aliphatic rings. The van der Waals surface area contributed by atoms with Crippen LogP contribution in [0.2, 0.25) is 10.0 Å². The lowest BCUT2D eigenvalue weighted by Gasteiger charge is -2.33. The summed E-state index contributed by atoms with van der Waals surface area (Å²) in [4.78, 5) is 28.5. The largest absolute Gasteiger partial charge is 0.352 e. The van der Waals surface area contributed by atoms with Crippen molar-refractivity contribution < 1.29 is 18.0 Å². The number of benzene rings is 2. The third-order valence-corrected chi connectivity index (χ3v) is 9.18. The average Bonchev–Trinajstić information content (AvgIpc) is 2.86. The van der Waals surface area contributed by atoms with Crippen LogP contribution in [0.5, 0.6) is 0 Å². The molecule has 1 aliphatic carbocycles. The van der Waals surface area contributed by atoms with Crippen molar-refractivity contribution in [3.8, 4) is 0 Å². The van der Waals surface area contributed by atoms with Gasteiger partial charge in [-0.3, -0.25) is 9.59 Å². The molecular formula is C27H35Cl2N3O4S. The lowest BCUT2D eigenvalue weighted by molar-refractivity contribution is -0.141. The number of nitrogens with zero attached hydrogens (tertiary/aromatic N) is 2. The van der Waals surface area contributed by atoms with Gasteiger partial charge in [-0.2, -0.15) is 4.31 Å². The Hall–Kier alpha value is -2.13. The molecule has 2 aromatic carbocycles. The lowest BCUT2D eigenvalue weighted by Crippen LogP contribution is -2.53. The van der Waals surface area contributed by atoms with Gasteiger partial charge in [0.1, 0.15) is 6.04 Å². The molecule has 0 aliphatic heterocycles. The molecule has 1 atom stereocenters. The van der Waals surface area contributed by atoms with E-state index in [0.29, 0.717) is 22.0 Å². The van der Waals surface area contributed by atoms with Crippen molar-refractivity contribution in [1.82, 2.24) is 14.5 Å². The first-order chi connectivity index (χ1) is 17.5. The quantitative estimate of drug-likeness (QED) is 0.428. The first-order valence-corrected chi connectivity index (χ1v) is 14.8. The van der Waals surface area contributed by atoms with E-state index in [0.717, 1.165) is 42.0 Å². The third-order valence-electron chi connectivity index (χ3n) is 6.78. The number of sulfonamides is 1. The minimum absolute atomic E-state index is 0.0455. The summed E-state index contributed by atoms with van der Waals surface area (Å²) in [5, 5.41) is 3.94. The summed E-state index contributed by atoms with van der Waals surface area (Å²) in [6, 6.07) is 10.7. The van der Waals surface area contributed by atoms with Crippen LogP contribution in [0.4, 0.5) is 0 Å². The highest BCUT2D eigenvalue weighted by atomic mass is 35.5. The summed E-state index contributed by atoms with van der Waals surface area (Å²) >= 11 is 12.5. The highest BCUT2D eigenvalue weighted by Crippen LogP contribution is 2.25. The Morgan fingerprint density at radius 1 is 1.05 bits per heavy atom. The van der Waals surface area contributed by atoms with E-state index in [1.54, 1.807) is 30.3 Å². The second-order valence-corrected chi connectivity index (χ2v) is 12.5. The molecule has 1 N–H and O–H groups in total. The molecule has 0 aromatic heterocycles. The van der Waals surface area contributed by atoms with Crippen LogP contribution < -0.4 is 5.32 Å². The van der Waals surface area contributed by atoms with E-state index >= 15 is 0 Å². The summed E-state index contributed by atoms with van der Waals surface area (Å²) in [5.41, 5.74) is 1.55. The van der Waals surface area contributed by atoms with Crippen molar-refractivity contribution in [2.45, 2.75) is 75.9 Å². The monoisotopic (exact) mass is 567 g/mol. The van der Waals surface area contributed by atoms with Crippen molar-refractivity contribution in [3.05, 3.63) is 63.6 Å². The van der Waals surface area contributed by atoms with Gasteiger partial charge >= 0.3 is 0 Å². The molecular weight excluding hydrogens is 533 g/mol. The Bertz CT molecular complexity index is 1200. The van der Waals surface area contributed by atoms with Crippen LogP contribution in [0.15, 0.2) is 47.4 Å². The smallest absolute Gasteiger partial charge is 0.243 e. The number of nitrogens with one attached hydrogen (secondary N) is 1. The molecule has 0 spiro atoms. The van der Waals surface area contributed by atoms with Gasteiger partial charge < -0.3 is 10.2 Å². The fourth-order valence-corrected chi connectivity index (χ4v) is 6.14. The SMILES string of the molecule is CC[C@H](C(=O)NC1CCCCC1)N(Cc1ccc(Cl)cc1Cl)C(=O)CN(C)S(=O)(=O)c1ccc(C)cc1. The molecule has 0 saturated heterocycles. The van der Waals surface area contributed by atoms with Crippen LogP contribution in [-0.2, 0) is 26.2 Å². The molecule has 10 heteroatoms. The maximum absolute atomic E-state index is 13.6. The average molecular weight is 569 g/mol. The van der Waals surface area contributed by atoms with Gasteiger partial charge in [0.15, 0.2) is 0 Å². The number of carbonyl (C=O) groups is 2. The second kappa shape index (κ2) is 13.1. The number of likely N-dealkylation sites (N-methyl/N-ethyl adjacent to an activating group) is 1. The Morgan fingerprint density at radius 2 is 1.70 bits per heavy atom. The van der Waals surface area contributed by atoms with Crippen LogP contribution >= 0.6 is 23.2 Å². The van der Waals surface area contributed by atoms with Gasteiger partial charge in [0.05, 0.1) is 11.4 Å². The summed E-state index contributed by atoms with van der Waals surface area (Å²) in [6.45, 7) is 3.33. The predicted octanol–water partition coefficient (Wildman–Crippen LogP) is 5.18. The predicted molar refractivity (Wildman–Crippen MR) is 147 cm³/mol. The van der Waals surface area contributed by atoms with Crippen LogP contribution in [-0.4, -0.2) is 55.1 Å². The van der Waals surface area contributed by atoms with Crippen molar-refractivity contribution in [3.63, 3.8) is 0 Å². The Balaban J connectivity index is 1.86. The van der Waals surface area contributed by atoms with Gasteiger partial charge in [0.2, 0.25) is 21.8 Å². The molecule has 202 valence electrons. The maximum atomic E-state index is 13.6. The van der Waals surface area contributed by atoms with E-state index < -0.39 is 28.5 Å². The van der Waals surface area contributed by atoms with Crippen molar-refractivity contribution in [1.29, 1.82) is 0 Å². The first-order valence-electron chi connectivity index (χ1n) is 12.6. The van der Waals surface area contributed by atoms with Crippen LogP contribution in [0.25, 0.3) is 0 Å². The fraction of sp³-hybridized carbons (Fsp3) is 0.481. The topological polar surface area (TPSA) is 86.8 Å². The van der Waals surface area contributed by atoms with E-state index in [-0.39, 0.29) is 23.4 Å². The van der Waals surface area contributed by atoms with E-state index in [1.807, 2.05) is 13.8 Å². The standard InChI is InChI=1S/C27H35Cl2N3O4S/c1-4-25(27(34)30-22-8-6-5-7-9-22)32(17-20-12-13-21(28)16-24(20)29)26(33)18-31(3)37(35,36)23-14-10-19(2)11-15-23/h10-16,22,25H,4-9,17-18H2,1-3H3,(H,30,34)/t25-/m1/s1. The van der Waals surface area contributed by atoms with E-state index in [4.69, 9.17) is 23.2 Å². The minimum atomic E-state index is -3.90. The van der Waals surface area contributed by atoms with Crippen molar-refractivity contribution in [2.75, 3.05) is 13.6 Å². The molecule has 37 heavy (non-hydrogen) atoms. The number of rotatable bonds is 10. The molecule has 2 amide bonds. The number of hydrogen-bond acceptors (Lipinski definition) is 4. The number of hydrogen-bond donors (Lipinski definition) is 1. The van der Waals surface area contributed by atoms with E-state index in [9.17, 15) is 18.0 Å². The highest BCUT2D eigenvalue weighted by molar-refractivity contribution is 7.89. The van der Waals surface area contributed by atoms with E-state index in [2.05, 4.69) is 5.32 Å². The zero-order valence-corrected chi connectivity index (χ0v) is 23.9. The molecule has 0 radical (unpaired) electrons. The molecule has 0 unspecified atom stereocenters. The summed E-state index contributed by atoms with van der Waals surface area (Å²) in [7, 11) is -2.54. The van der Waals surface area contributed by atoms with Gasteiger partial charge in [0, 0.05) is 29.7 Å². The summed E-state index contributed by atoms with van der Waals surface area (Å²) in [5.74, 6) is -0.730. The van der Waals surface area contributed by atoms with Crippen LogP contribution in [0.1, 0.15) is 56.6 Å².